The van der Waals surface area contributed by atoms with Gasteiger partial charge in [0.2, 0.25) is 11.8 Å². The number of hydrogen-bond acceptors (Lipinski definition) is 5. The van der Waals surface area contributed by atoms with Crippen LogP contribution in [0.3, 0.4) is 0 Å². The molecule has 1 fully saturated rings. The molecule has 0 aromatic heterocycles. The first-order chi connectivity index (χ1) is 9.08. The van der Waals surface area contributed by atoms with Crippen LogP contribution < -0.4 is 16.0 Å². The molecule has 2 rings (SSSR count). The fourth-order valence-electron chi connectivity index (χ4n) is 1.71. The van der Waals surface area contributed by atoms with Crippen LogP contribution in [0, 0.1) is 10.1 Å². The van der Waals surface area contributed by atoms with Gasteiger partial charge in [0.1, 0.15) is 11.7 Å². The highest BCUT2D eigenvalue weighted by molar-refractivity contribution is 5.98. The third-order valence-corrected chi connectivity index (χ3v) is 2.69. The summed E-state index contributed by atoms with van der Waals surface area (Å²) in [6.45, 7) is 0.209. The molecule has 100 valence electrons. The van der Waals surface area contributed by atoms with Crippen molar-refractivity contribution >= 4 is 23.2 Å². The normalized spacial score (nSPS) is 18.5. The fourth-order valence-corrected chi connectivity index (χ4v) is 1.71. The SMILES string of the molecule is O=C1CNC(C(=O)Nc2ccccc2[N+](=O)[O-])CN1. The summed E-state index contributed by atoms with van der Waals surface area (Å²) < 4.78 is 0. The van der Waals surface area contributed by atoms with E-state index < -0.39 is 16.9 Å². The predicted molar refractivity (Wildman–Crippen MR) is 66.5 cm³/mol. The van der Waals surface area contributed by atoms with E-state index in [-0.39, 0.29) is 30.4 Å². The lowest BCUT2D eigenvalue weighted by Crippen LogP contribution is -2.56. The van der Waals surface area contributed by atoms with Crippen LogP contribution in [-0.2, 0) is 9.59 Å². The van der Waals surface area contributed by atoms with E-state index in [4.69, 9.17) is 0 Å². The number of piperazine rings is 1. The van der Waals surface area contributed by atoms with Gasteiger partial charge in [-0.1, -0.05) is 12.1 Å². The van der Waals surface area contributed by atoms with Gasteiger partial charge in [-0.05, 0) is 6.07 Å². The summed E-state index contributed by atoms with van der Waals surface area (Å²) in [6.07, 6.45) is 0. The third kappa shape index (κ3) is 3.05. The number of nitro groups is 1. The van der Waals surface area contributed by atoms with Crippen molar-refractivity contribution in [2.75, 3.05) is 18.4 Å². The molecule has 1 aliphatic rings. The second-order valence-corrected chi connectivity index (χ2v) is 4.00. The Hall–Kier alpha value is -2.48. The van der Waals surface area contributed by atoms with Crippen molar-refractivity contribution in [3.05, 3.63) is 34.4 Å². The minimum atomic E-state index is -0.600. The zero-order chi connectivity index (χ0) is 13.8. The molecule has 8 heteroatoms. The Morgan fingerprint density at radius 1 is 1.42 bits per heavy atom. The van der Waals surface area contributed by atoms with E-state index >= 15 is 0 Å². The molecule has 8 nitrogen and oxygen atoms in total. The van der Waals surface area contributed by atoms with Gasteiger partial charge in [-0.25, -0.2) is 0 Å². The van der Waals surface area contributed by atoms with Crippen molar-refractivity contribution in [3.8, 4) is 0 Å². The van der Waals surface area contributed by atoms with E-state index in [0.717, 1.165) is 0 Å². The number of nitro benzene ring substituents is 1. The van der Waals surface area contributed by atoms with E-state index in [1.54, 1.807) is 6.07 Å². The van der Waals surface area contributed by atoms with E-state index in [9.17, 15) is 19.7 Å². The van der Waals surface area contributed by atoms with Gasteiger partial charge >= 0.3 is 0 Å². The Balaban J connectivity index is 2.07. The topological polar surface area (TPSA) is 113 Å². The minimum absolute atomic E-state index is 0.0506. The highest BCUT2D eigenvalue weighted by Gasteiger charge is 2.25. The molecule has 1 unspecified atom stereocenters. The lowest BCUT2D eigenvalue weighted by Gasteiger charge is -2.23. The molecule has 2 amide bonds. The van der Waals surface area contributed by atoms with Crippen LogP contribution in [0.1, 0.15) is 0 Å². The van der Waals surface area contributed by atoms with Crippen LogP contribution in [0.15, 0.2) is 24.3 Å². The molecule has 3 N–H and O–H groups in total. The maximum atomic E-state index is 11.9. The van der Waals surface area contributed by atoms with Crippen LogP contribution >= 0.6 is 0 Å². The summed E-state index contributed by atoms with van der Waals surface area (Å²) in [5, 5.41) is 18.6. The first-order valence-corrected chi connectivity index (χ1v) is 5.62. The van der Waals surface area contributed by atoms with Gasteiger partial charge in [-0.15, -0.1) is 0 Å². The number of carbonyl (C=O) groups excluding carboxylic acids is 2. The van der Waals surface area contributed by atoms with Crippen molar-refractivity contribution in [2.45, 2.75) is 6.04 Å². The van der Waals surface area contributed by atoms with Crippen molar-refractivity contribution in [2.24, 2.45) is 0 Å². The smallest absolute Gasteiger partial charge is 0.292 e. The number of nitrogens with one attached hydrogen (secondary N) is 3. The van der Waals surface area contributed by atoms with Crippen molar-refractivity contribution in [3.63, 3.8) is 0 Å². The lowest BCUT2D eigenvalue weighted by molar-refractivity contribution is -0.383. The van der Waals surface area contributed by atoms with Gasteiger partial charge < -0.3 is 10.6 Å². The number of hydrogen-bond donors (Lipinski definition) is 3. The molecule has 1 aliphatic heterocycles. The van der Waals surface area contributed by atoms with Crippen molar-refractivity contribution < 1.29 is 14.5 Å². The van der Waals surface area contributed by atoms with Gasteiger partial charge in [0.05, 0.1) is 11.5 Å². The van der Waals surface area contributed by atoms with Gasteiger partial charge in [-0.3, -0.25) is 25.0 Å². The number of amides is 2. The molecule has 1 aromatic carbocycles. The van der Waals surface area contributed by atoms with Gasteiger partial charge in [0, 0.05) is 12.6 Å². The van der Waals surface area contributed by atoms with E-state index in [1.165, 1.54) is 18.2 Å². The molecular weight excluding hydrogens is 252 g/mol. The zero-order valence-corrected chi connectivity index (χ0v) is 9.88. The molecule has 0 bridgehead atoms. The molecule has 0 aliphatic carbocycles. The van der Waals surface area contributed by atoms with E-state index in [2.05, 4.69) is 16.0 Å². The van der Waals surface area contributed by atoms with Gasteiger partial charge in [-0.2, -0.15) is 0 Å². The standard InChI is InChI=1S/C11H12N4O4/c16-10-6-12-8(5-13-10)11(17)14-7-3-1-2-4-9(7)15(18)19/h1-4,8,12H,5-6H2,(H,13,16)(H,14,17). The van der Waals surface area contributed by atoms with Crippen LogP contribution in [0.25, 0.3) is 0 Å². The first-order valence-electron chi connectivity index (χ1n) is 5.62. The Labute approximate surface area is 108 Å². The maximum absolute atomic E-state index is 11.9. The van der Waals surface area contributed by atoms with E-state index in [0.29, 0.717) is 0 Å². The summed E-state index contributed by atoms with van der Waals surface area (Å²) in [5.74, 6) is -0.607. The lowest BCUT2D eigenvalue weighted by atomic mass is 10.2. The minimum Gasteiger partial charge on any atom is -0.353 e. The molecule has 1 saturated heterocycles. The average Bonchev–Trinajstić information content (AvgIpc) is 2.39. The molecule has 19 heavy (non-hydrogen) atoms. The number of nitrogens with zero attached hydrogens (tertiary/aromatic N) is 1. The molecule has 1 aromatic rings. The Kier molecular flexibility index (Phi) is 3.71. The Morgan fingerprint density at radius 3 is 2.79 bits per heavy atom. The van der Waals surface area contributed by atoms with Crippen LogP contribution in [-0.4, -0.2) is 35.9 Å². The second kappa shape index (κ2) is 5.44. The molecule has 0 saturated carbocycles. The zero-order valence-electron chi connectivity index (χ0n) is 9.88. The van der Waals surface area contributed by atoms with Crippen molar-refractivity contribution in [1.29, 1.82) is 0 Å². The monoisotopic (exact) mass is 264 g/mol. The highest BCUT2D eigenvalue weighted by atomic mass is 16.6. The summed E-state index contributed by atoms with van der Waals surface area (Å²) in [4.78, 5) is 33.1. The number of anilines is 1. The first kappa shape index (κ1) is 13.0. The largest absolute Gasteiger partial charge is 0.353 e. The maximum Gasteiger partial charge on any atom is 0.292 e. The van der Waals surface area contributed by atoms with Gasteiger partial charge in [0.15, 0.2) is 0 Å². The quantitative estimate of drug-likeness (QED) is 0.508. The summed E-state index contributed by atoms with van der Waals surface area (Å²) in [5.41, 5.74) is -0.0353. The number of rotatable bonds is 3. The molecular formula is C11H12N4O4. The average molecular weight is 264 g/mol. The summed E-state index contributed by atoms with van der Waals surface area (Å²) in [7, 11) is 0. The third-order valence-electron chi connectivity index (χ3n) is 2.69. The number of carbonyl (C=O) groups is 2. The molecule has 0 spiro atoms. The Bertz CT molecular complexity index is 521. The second-order valence-electron chi connectivity index (χ2n) is 4.00. The molecule has 1 atom stereocenters. The summed E-state index contributed by atoms with van der Waals surface area (Å²) in [6, 6.07) is 5.28. The predicted octanol–water partition coefficient (Wildman–Crippen LogP) is -0.379. The molecule has 0 radical (unpaired) electrons. The van der Waals surface area contributed by atoms with Crippen LogP contribution in [0.5, 0.6) is 0 Å². The molecule has 1 heterocycles. The highest BCUT2D eigenvalue weighted by Crippen LogP contribution is 2.23. The summed E-state index contributed by atoms with van der Waals surface area (Å²) >= 11 is 0. The Morgan fingerprint density at radius 2 is 2.16 bits per heavy atom. The number of benzene rings is 1. The van der Waals surface area contributed by atoms with E-state index in [1.807, 2.05) is 0 Å². The number of para-hydroxylation sites is 2. The fraction of sp³-hybridized carbons (Fsp3) is 0.273. The van der Waals surface area contributed by atoms with Crippen molar-refractivity contribution in [1.82, 2.24) is 10.6 Å². The van der Waals surface area contributed by atoms with Gasteiger partial charge in [0.25, 0.3) is 5.69 Å². The van der Waals surface area contributed by atoms with Crippen LogP contribution in [0.2, 0.25) is 0 Å². The van der Waals surface area contributed by atoms with Crippen LogP contribution in [0.4, 0.5) is 11.4 Å².